The van der Waals surface area contributed by atoms with Crippen molar-refractivity contribution in [2.24, 2.45) is 0 Å². The fourth-order valence-corrected chi connectivity index (χ4v) is 1.30. The van der Waals surface area contributed by atoms with Gasteiger partial charge in [0.2, 0.25) is 0 Å². The van der Waals surface area contributed by atoms with Gasteiger partial charge in [0.1, 0.15) is 5.82 Å². The molecule has 1 aromatic heterocycles. The summed E-state index contributed by atoms with van der Waals surface area (Å²) in [5.74, 6) is 0.980. The molecule has 0 aliphatic heterocycles. The van der Waals surface area contributed by atoms with E-state index in [2.05, 4.69) is 30.2 Å². The van der Waals surface area contributed by atoms with Gasteiger partial charge in [-0.1, -0.05) is 13.0 Å². The van der Waals surface area contributed by atoms with Crippen LogP contribution < -0.4 is 5.32 Å². The Morgan fingerprint density at radius 3 is 3.00 bits per heavy atom. The van der Waals surface area contributed by atoms with E-state index in [9.17, 15) is 0 Å². The molecule has 0 bridgehead atoms. The topological polar surface area (TPSA) is 34.1 Å². The number of hydrogen-bond acceptors (Lipinski definition) is 3. The lowest BCUT2D eigenvalue weighted by molar-refractivity contribution is 0.134. The average molecular weight is 208 g/mol. The van der Waals surface area contributed by atoms with Gasteiger partial charge < -0.3 is 10.1 Å². The van der Waals surface area contributed by atoms with E-state index in [4.69, 9.17) is 4.74 Å². The molecular weight excluding hydrogens is 188 g/mol. The maximum absolute atomic E-state index is 5.39. The van der Waals surface area contributed by atoms with Crippen LogP contribution in [0.2, 0.25) is 0 Å². The summed E-state index contributed by atoms with van der Waals surface area (Å²) < 4.78 is 5.39. The van der Waals surface area contributed by atoms with Crippen LogP contribution in [-0.4, -0.2) is 24.7 Å². The minimum Gasteiger partial charge on any atom is -0.381 e. The first kappa shape index (κ1) is 12.0. The van der Waals surface area contributed by atoms with Crippen LogP contribution in [0, 0.1) is 6.92 Å². The number of aryl methyl sites for hydroxylation is 1. The Bertz CT molecular complexity index is 276. The van der Waals surface area contributed by atoms with Gasteiger partial charge in [0.25, 0.3) is 0 Å². The van der Waals surface area contributed by atoms with E-state index < -0.39 is 0 Å². The zero-order chi connectivity index (χ0) is 10.9. The first-order valence-corrected chi connectivity index (χ1v) is 5.58. The molecule has 0 unspecified atom stereocenters. The Morgan fingerprint density at radius 2 is 2.27 bits per heavy atom. The van der Waals surface area contributed by atoms with Crippen molar-refractivity contribution in [1.82, 2.24) is 4.98 Å². The normalized spacial score (nSPS) is 10.3. The van der Waals surface area contributed by atoms with Gasteiger partial charge in [0, 0.05) is 26.0 Å². The average Bonchev–Trinajstić information content (AvgIpc) is 2.25. The summed E-state index contributed by atoms with van der Waals surface area (Å²) in [4.78, 5) is 4.26. The fraction of sp³-hybridized carbons (Fsp3) is 0.583. The molecule has 0 aromatic carbocycles. The number of pyridine rings is 1. The van der Waals surface area contributed by atoms with Crippen molar-refractivity contribution in [2.45, 2.75) is 26.7 Å². The summed E-state index contributed by atoms with van der Waals surface area (Å²) in [5, 5.41) is 3.30. The number of aromatic nitrogens is 1. The minimum absolute atomic E-state index is 0.826. The molecule has 0 spiro atoms. The van der Waals surface area contributed by atoms with Crippen molar-refractivity contribution >= 4 is 5.82 Å². The SMILES string of the molecule is CCCOCCCNc1ncccc1C. The summed E-state index contributed by atoms with van der Waals surface area (Å²) in [5.41, 5.74) is 1.19. The lowest BCUT2D eigenvalue weighted by Gasteiger charge is -2.07. The van der Waals surface area contributed by atoms with Crippen LogP contribution in [-0.2, 0) is 4.74 Å². The van der Waals surface area contributed by atoms with E-state index in [-0.39, 0.29) is 0 Å². The molecule has 15 heavy (non-hydrogen) atoms. The van der Waals surface area contributed by atoms with Gasteiger partial charge in [-0.3, -0.25) is 0 Å². The number of rotatable bonds is 7. The van der Waals surface area contributed by atoms with Crippen molar-refractivity contribution in [3.8, 4) is 0 Å². The molecule has 3 nitrogen and oxygen atoms in total. The molecule has 0 fully saturated rings. The molecule has 0 radical (unpaired) electrons. The summed E-state index contributed by atoms with van der Waals surface area (Å²) in [7, 11) is 0. The Kier molecular flexibility index (Phi) is 5.78. The summed E-state index contributed by atoms with van der Waals surface area (Å²) in [6.45, 7) is 6.79. The van der Waals surface area contributed by atoms with Crippen LogP contribution in [0.1, 0.15) is 25.3 Å². The predicted molar refractivity (Wildman–Crippen MR) is 63.2 cm³/mol. The molecular formula is C12H20N2O. The van der Waals surface area contributed by atoms with E-state index >= 15 is 0 Å². The predicted octanol–water partition coefficient (Wildman–Crippen LogP) is 2.62. The quantitative estimate of drug-likeness (QED) is 0.699. The Balaban J connectivity index is 2.12. The second-order valence-electron chi connectivity index (χ2n) is 3.56. The molecule has 0 amide bonds. The van der Waals surface area contributed by atoms with Crippen molar-refractivity contribution in [2.75, 3.05) is 25.1 Å². The molecule has 84 valence electrons. The minimum atomic E-state index is 0.826. The summed E-state index contributed by atoms with van der Waals surface area (Å²) in [6.07, 6.45) is 3.92. The number of nitrogens with one attached hydrogen (secondary N) is 1. The van der Waals surface area contributed by atoms with E-state index in [0.717, 1.165) is 38.4 Å². The molecule has 0 aliphatic rings. The van der Waals surface area contributed by atoms with Gasteiger partial charge in [-0.05, 0) is 31.4 Å². The lowest BCUT2D eigenvalue weighted by atomic mass is 10.3. The standard InChI is InChI=1S/C12H20N2O/c1-3-9-15-10-5-8-14-12-11(2)6-4-7-13-12/h4,6-7H,3,5,8-10H2,1-2H3,(H,13,14). The molecule has 1 rings (SSSR count). The zero-order valence-corrected chi connectivity index (χ0v) is 9.62. The highest BCUT2D eigenvalue weighted by atomic mass is 16.5. The van der Waals surface area contributed by atoms with Gasteiger partial charge in [0.15, 0.2) is 0 Å². The maximum atomic E-state index is 5.39. The van der Waals surface area contributed by atoms with Crippen molar-refractivity contribution in [1.29, 1.82) is 0 Å². The molecule has 0 saturated heterocycles. The highest BCUT2D eigenvalue weighted by molar-refractivity contribution is 5.42. The van der Waals surface area contributed by atoms with Gasteiger partial charge in [-0.25, -0.2) is 4.98 Å². The number of hydrogen-bond donors (Lipinski definition) is 1. The molecule has 1 aromatic rings. The van der Waals surface area contributed by atoms with E-state index in [1.165, 1.54) is 5.56 Å². The van der Waals surface area contributed by atoms with Gasteiger partial charge >= 0.3 is 0 Å². The molecule has 1 heterocycles. The smallest absolute Gasteiger partial charge is 0.128 e. The summed E-state index contributed by atoms with van der Waals surface area (Å²) >= 11 is 0. The third kappa shape index (κ3) is 4.79. The van der Waals surface area contributed by atoms with Crippen LogP contribution in [0.5, 0.6) is 0 Å². The Labute approximate surface area is 91.9 Å². The van der Waals surface area contributed by atoms with Crippen LogP contribution in [0.15, 0.2) is 18.3 Å². The Hall–Kier alpha value is -1.09. The van der Waals surface area contributed by atoms with Crippen LogP contribution in [0.4, 0.5) is 5.82 Å². The van der Waals surface area contributed by atoms with Crippen LogP contribution >= 0.6 is 0 Å². The van der Waals surface area contributed by atoms with Crippen LogP contribution in [0.25, 0.3) is 0 Å². The number of ether oxygens (including phenoxy) is 1. The van der Waals surface area contributed by atoms with E-state index in [1.807, 2.05) is 12.3 Å². The lowest BCUT2D eigenvalue weighted by Crippen LogP contribution is -2.08. The number of nitrogens with zero attached hydrogens (tertiary/aromatic N) is 1. The monoisotopic (exact) mass is 208 g/mol. The Morgan fingerprint density at radius 1 is 1.40 bits per heavy atom. The number of anilines is 1. The molecule has 0 saturated carbocycles. The van der Waals surface area contributed by atoms with E-state index in [1.54, 1.807) is 0 Å². The first-order valence-electron chi connectivity index (χ1n) is 5.58. The third-order valence-electron chi connectivity index (χ3n) is 2.12. The third-order valence-corrected chi connectivity index (χ3v) is 2.12. The van der Waals surface area contributed by atoms with Crippen molar-refractivity contribution in [3.63, 3.8) is 0 Å². The highest BCUT2D eigenvalue weighted by Crippen LogP contribution is 2.08. The molecule has 0 atom stereocenters. The molecule has 3 heteroatoms. The highest BCUT2D eigenvalue weighted by Gasteiger charge is 1.96. The zero-order valence-electron chi connectivity index (χ0n) is 9.62. The second-order valence-corrected chi connectivity index (χ2v) is 3.56. The molecule has 0 aliphatic carbocycles. The van der Waals surface area contributed by atoms with Crippen molar-refractivity contribution < 1.29 is 4.74 Å². The molecule has 1 N–H and O–H groups in total. The maximum Gasteiger partial charge on any atom is 0.128 e. The summed E-state index contributed by atoms with van der Waals surface area (Å²) in [6, 6.07) is 4.01. The van der Waals surface area contributed by atoms with Gasteiger partial charge in [0.05, 0.1) is 0 Å². The fourth-order valence-electron chi connectivity index (χ4n) is 1.30. The van der Waals surface area contributed by atoms with Crippen molar-refractivity contribution in [3.05, 3.63) is 23.9 Å². The van der Waals surface area contributed by atoms with E-state index in [0.29, 0.717) is 0 Å². The van der Waals surface area contributed by atoms with Gasteiger partial charge in [-0.15, -0.1) is 0 Å². The van der Waals surface area contributed by atoms with Gasteiger partial charge in [-0.2, -0.15) is 0 Å². The first-order chi connectivity index (χ1) is 7.34. The van der Waals surface area contributed by atoms with Crippen LogP contribution in [0.3, 0.4) is 0 Å². The second kappa shape index (κ2) is 7.23. The largest absolute Gasteiger partial charge is 0.381 e.